The summed E-state index contributed by atoms with van der Waals surface area (Å²) in [6.45, 7) is 4.92. The smallest absolute Gasteiger partial charge is 0.0541 e. The molecule has 1 fully saturated rings. The highest BCUT2D eigenvalue weighted by Crippen LogP contribution is 2.18. The van der Waals surface area contributed by atoms with Gasteiger partial charge in [-0.15, -0.1) is 0 Å². The van der Waals surface area contributed by atoms with Gasteiger partial charge in [0.2, 0.25) is 0 Å². The SMILES string of the molecule is CC.c1ccc(CNC2CC2)nc1. The van der Waals surface area contributed by atoms with Crippen LogP contribution in [0.5, 0.6) is 0 Å². The maximum atomic E-state index is 4.22. The van der Waals surface area contributed by atoms with Crippen LogP contribution in [0.25, 0.3) is 0 Å². The molecule has 1 aromatic heterocycles. The average Bonchev–Trinajstić information content (AvgIpc) is 3.03. The van der Waals surface area contributed by atoms with Crippen molar-refractivity contribution in [3.05, 3.63) is 30.1 Å². The van der Waals surface area contributed by atoms with Crippen molar-refractivity contribution in [2.75, 3.05) is 0 Å². The molecule has 0 amide bonds. The van der Waals surface area contributed by atoms with E-state index >= 15 is 0 Å². The number of pyridine rings is 1. The van der Waals surface area contributed by atoms with Crippen LogP contribution in [-0.2, 0) is 6.54 Å². The third-order valence-corrected chi connectivity index (χ3v) is 1.88. The predicted octanol–water partition coefficient (Wildman–Crippen LogP) is 2.36. The molecule has 2 rings (SSSR count). The zero-order valence-electron chi connectivity index (χ0n) is 8.46. The van der Waals surface area contributed by atoms with E-state index in [1.54, 1.807) is 0 Å². The van der Waals surface area contributed by atoms with E-state index in [1.807, 2.05) is 32.2 Å². The van der Waals surface area contributed by atoms with Crippen LogP contribution in [-0.4, -0.2) is 11.0 Å². The van der Waals surface area contributed by atoms with Crippen molar-refractivity contribution < 1.29 is 0 Å². The average molecular weight is 178 g/mol. The van der Waals surface area contributed by atoms with Crippen LogP contribution in [0.3, 0.4) is 0 Å². The third-order valence-electron chi connectivity index (χ3n) is 1.88. The Kier molecular flexibility index (Phi) is 4.47. The van der Waals surface area contributed by atoms with E-state index in [0.29, 0.717) is 0 Å². The van der Waals surface area contributed by atoms with E-state index in [2.05, 4.69) is 16.4 Å². The monoisotopic (exact) mass is 178 g/mol. The Hall–Kier alpha value is -0.890. The Bertz CT molecular complexity index is 217. The second kappa shape index (κ2) is 5.70. The lowest BCUT2D eigenvalue weighted by Gasteiger charge is -1.99. The van der Waals surface area contributed by atoms with Crippen LogP contribution in [0.2, 0.25) is 0 Å². The number of nitrogens with one attached hydrogen (secondary N) is 1. The van der Waals surface area contributed by atoms with E-state index in [1.165, 1.54) is 12.8 Å². The van der Waals surface area contributed by atoms with E-state index in [4.69, 9.17) is 0 Å². The Labute approximate surface area is 80.4 Å². The molecule has 0 aliphatic heterocycles. The summed E-state index contributed by atoms with van der Waals surface area (Å²) in [4.78, 5) is 4.22. The van der Waals surface area contributed by atoms with Gasteiger partial charge < -0.3 is 5.32 Å². The van der Waals surface area contributed by atoms with Crippen molar-refractivity contribution in [1.29, 1.82) is 0 Å². The van der Waals surface area contributed by atoms with Gasteiger partial charge in [0.25, 0.3) is 0 Å². The molecule has 0 bridgehead atoms. The minimum atomic E-state index is 0.775. The van der Waals surface area contributed by atoms with E-state index < -0.39 is 0 Å². The first-order valence-corrected chi connectivity index (χ1v) is 5.08. The molecule has 13 heavy (non-hydrogen) atoms. The second-order valence-electron chi connectivity index (χ2n) is 2.98. The van der Waals surface area contributed by atoms with Crippen LogP contribution >= 0.6 is 0 Å². The molecule has 72 valence electrons. The standard InChI is InChI=1S/C9H12N2.C2H6/c1-2-6-10-9(3-1)7-11-8-4-5-8;1-2/h1-3,6,8,11H,4-5,7H2;1-2H3. The van der Waals surface area contributed by atoms with Crippen molar-refractivity contribution >= 4 is 0 Å². The second-order valence-corrected chi connectivity index (χ2v) is 2.98. The molecule has 0 aromatic carbocycles. The third kappa shape index (κ3) is 4.04. The topological polar surface area (TPSA) is 24.9 Å². The maximum Gasteiger partial charge on any atom is 0.0541 e. The molecular weight excluding hydrogens is 160 g/mol. The molecule has 1 heterocycles. The summed E-state index contributed by atoms with van der Waals surface area (Å²) >= 11 is 0. The Balaban J connectivity index is 0.000000396. The van der Waals surface area contributed by atoms with E-state index in [0.717, 1.165) is 18.3 Å². The fourth-order valence-electron chi connectivity index (χ4n) is 1.04. The summed E-state index contributed by atoms with van der Waals surface area (Å²) in [6, 6.07) is 6.80. The molecule has 0 unspecified atom stereocenters. The van der Waals surface area contributed by atoms with Crippen molar-refractivity contribution in [1.82, 2.24) is 10.3 Å². The van der Waals surface area contributed by atoms with Gasteiger partial charge in [-0.3, -0.25) is 4.98 Å². The maximum absolute atomic E-state index is 4.22. The summed E-state index contributed by atoms with van der Waals surface area (Å²) in [6.07, 6.45) is 4.52. The lowest BCUT2D eigenvalue weighted by atomic mass is 10.3. The first kappa shape index (κ1) is 10.2. The lowest BCUT2D eigenvalue weighted by molar-refractivity contribution is 0.674. The highest BCUT2D eigenvalue weighted by molar-refractivity contribution is 5.03. The summed E-state index contributed by atoms with van der Waals surface area (Å²) in [5.74, 6) is 0. The van der Waals surface area contributed by atoms with Crippen molar-refractivity contribution in [3.8, 4) is 0 Å². The van der Waals surface area contributed by atoms with Crippen LogP contribution in [0.4, 0.5) is 0 Å². The minimum absolute atomic E-state index is 0.775. The first-order valence-electron chi connectivity index (χ1n) is 5.08. The quantitative estimate of drug-likeness (QED) is 0.768. The molecule has 1 N–H and O–H groups in total. The normalized spacial score (nSPS) is 14.6. The lowest BCUT2D eigenvalue weighted by Crippen LogP contribution is -2.15. The summed E-state index contributed by atoms with van der Waals surface area (Å²) in [7, 11) is 0. The van der Waals surface area contributed by atoms with Gasteiger partial charge >= 0.3 is 0 Å². The summed E-state index contributed by atoms with van der Waals surface area (Å²) in [5, 5.41) is 3.41. The highest BCUT2D eigenvalue weighted by Gasteiger charge is 2.19. The highest BCUT2D eigenvalue weighted by atomic mass is 15.0. The number of hydrogen-bond donors (Lipinski definition) is 1. The van der Waals surface area contributed by atoms with E-state index in [9.17, 15) is 0 Å². The molecule has 1 aromatic rings. The number of hydrogen-bond acceptors (Lipinski definition) is 2. The van der Waals surface area contributed by atoms with Gasteiger partial charge in [-0.2, -0.15) is 0 Å². The van der Waals surface area contributed by atoms with Gasteiger partial charge in [0, 0.05) is 18.8 Å². The van der Waals surface area contributed by atoms with Crippen molar-refractivity contribution in [2.24, 2.45) is 0 Å². The van der Waals surface area contributed by atoms with Crippen LogP contribution in [0.15, 0.2) is 24.4 Å². The molecule has 0 atom stereocenters. The summed E-state index contributed by atoms with van der Waals surface area (Å²) in [5.41, 5.74) is 1.14. The van der Waals surface area contributed by atoms with E-state index in [-0.39, 0.29) is 0 Å². The van der Waals surface area contributed by atoms with Gasteiger partial charge in [-0.1, -0.05) is 19.9 Å². The van der Waals surface area contributed by atoms with Crippen molar-refractivity contribution in [3.63, 3.8) is 0 Å². The molecule has 0 spiro atoms. The van der Waals surface area contributed by atoms with Crippen LogP contribution < -0.4 is 5.32 Å². The number of rotatable bonds is 3. The molecule has 0 radical (unpaired) electrons. The number of aromatic nitrogens is 1. The number of nitrogens with zero attached hydrogens (tertiary/aromatic N) is 1. The Morgan fingerprint density at radius 1 is 1.38 bits per heavy atom. The van der Waals surface area contributed by atoms with Gasteiger partial charge in [0.15, 0.2) is 0 Å². The van der Waals surface area contributed by atoms with Crippen LogP contribution in [0, 0.1) is 0 Å². The summed E-state index contributed by atoms with van der Waals surface area (Å²) < 4.78 is 0. The predicted molar refractivity (Wildman–Crippen MR) is 55.4 cm³/mol. The molecule has 2 nitrogen and oxygen atoms in total. The largest absolute Gasteiger partial charge is 0.308 e. The van der Waals surface area contributed by atoms with Gasteiger partial charge in [-0.05, 0) is 25.0 Å². The zero-order valence-corrected chi connectivity index (χ0v) is 8.46. The van der Waals surface area contributed by atoms with Gasteiger partial charge in [-0.25, -0.2) is 0 Å². The van der Waals surface area contributed by atoms with Gasteiger partial charge in [0.05, 0.1) is 5.69 Å². The molecule has 1 saturated carbocycles. The first-order chi connectivity index (χ1) is 6.45. The fraction of sp³-hybridized carbons (Fsp3) is 0.545. The molecule has 2 heteroatoms. The van der Waals surface area contributed by atoms with Crippen molar-refractivity contribution in [2.45, 2.75) is 39.3 Å². The molecular formula is C11H18N2. The fourth-order valence-corrected chi connectivity index (χ4v) is 1.04. The molecule has 1 aliphatic rings. The van der Waals surface area contributed by atoms with Gasteiger partial charge in [0.1, 0.15) is 0 Å². The molecule has 1 aliphatic carbocycles. The Morgan fingerprint density at radius 3 is 2.69 bits per heavy atom. The van der Waals surface area contributed by atoms with Crippen LogP contribution in [0.1, 0.15) is 32.4 Å². The molecule has 0 saturated heterocycles. The minimum Gasteiger partial charge on any atom is -0.308 e. The zero-order chi connectivity index (χ0) is 9.52. The Morgan fingerprint density at radius 2 is 2.15 bits per heavy atom.